The highest BCUT2D eigenvalue weighted by Crippen LogP contribution is 2.22. The van der Waals surface area contributed by atoms with E-state index in [4.69, 9.17) is 0 Å². The zero-order valence-corrected chi connectivity index (χ0v) is 11.6. The summed E-state index contributed by atoms with van der Waals surface area (Å²) in [6.45, 7) is 1.83. The predicted octanol–water partition coefficient (Wildman–Crippen LogP) is 3.44. The van der Waals surface area contributed by atoms with Crippen molar-refractivity contribution < 1.29 is 8.78 Å². The van der Waals surface area contributed by atoms with Crippen LogP contribution in [0.25, 0.3) is 0 Å². The lowest BCUT2D eigenvalue weighted by Crippen LogP contribution is -2.39. The van der Waals surface area contributed by atoms with Crippen LogP contribution in [-0.2, 0) is 0 Å². The topological polar surface area (TPSA) is 28.2 Å². The molecule has 3 nitrogen and oxygen atoms in total. The van der Waals surface area contributed by atoms with Crippen molar-refractivity contribution in [2.45, 2.75) is 18.9 Å². The van der Waals surface area contributed by atoms with Crippen molar-refractivity contribution in [3.05, 3.63) is 54.4 Å². The number of anilines is 2. The van der Waals surface area contributed by atoms with E-state index >= 15 is 0 Å². The van der Waals surface area contributed by atoms with Crippen molar-refractivity contribution in [2.24, 2.45) is 0 Å². The quantitative estimate of drug-likeness (QED) is 0.938. The van der Waals surface area contributed by atoms with Crippen molar-refractivity contribution >= 4 is 11.4 Å². The second kappa shape index (κ2) is 6.08. The van der Waals surface area contributed by atoms with Gasteiger partial charge in [-0.05, 0) is 37.1 Å². The van der Waals surface area contributed by atoms with Crippen LogP contribution in [0.2, 0.25) is 0 Å². The minimum absolute atomic E-state index is 0.240. The lowest BCUT2D eigenvalue weighted by molar-refractivity contribution is 0.525. The van der Waals surface area contributed by atoms with E-state index in [-0.39, 0.29) is 6.04 Å². The zero-order chi connectivity index (χ0) is 14.7. The van der Waals surface area contributed by atoms with Gasteiger partial charge < -0.3 is 10.2 Å². The van der Waals surface area contributed by atoms with Gasteiger partial charge in [0.25, 0.3) is 0 Å². The Morgan fingerprint density at radius 3 is 2.24 bits per heavy atom. The second-order valence-corrected chi connectivity index (χ2v) is 5.27. The van der Waals surface area contributed by atoms with Gasteiger partial charge in [0.1, 0.15) is 11.6 Å². The Balaban J connectivity index is 1.58. The Morgan fingerprint density at radius 2 is 1.62 bits per heavy atom. The van der Waals surface area contributed by atoms with E-state index in [0.29, 0.717) is 5.69 Å². The van der Waals surface area contributed by atoms with Gasteiger partial charge in [-0.1, -0.05) is 0 Å². The minimum atomic E-state index is -0.549. The summed E-state index contributed by atoms with van der Waals surface area (Å²) in [4.78, 5) is 6.32. The number of pyridine rings is 1. The van der Waals surface area contributed by atoms with Crippen LogP contribution < -0.4 is 10.2 Å². The number of benzene rings is 1. The third-order valence-electron chi connectivity index (χ3n) is 3.76. The van der Waals surface area contributed by atoms with Gasteiger partial charge >= 0.3 is 0 Å². The predicted molar refractivity (Wildman–Crippen MR) is 79.5 cm³/mol. The van der Waals surface area contributed by atoms with Gasteiger partial charge in [0.15, 0.2) is 0 Å². The summed E-state index contributed by atoms with van der Waals surface area (Å²) in [6.07, 6.45) is 5.44. The van der Waals surface area contributed by atoms with Crippen LogP contribution in [0.15, 0.2) is 42.7 Å². The lowest BCUT2D eigenvalue weighted by Gasteiger charge is -2.34. The Morgan fingerprint density at radius 1 is 1.00 bits per heavy atom. The molecule has 0 atom stereocenters. The summed E-state index contributed by atoms with van der Waals surface area (Å²) >= 11 is 0. The maximum atomic E-state index is 13.2. The molecule has 110 valence electrons. The zero-order valence-electron chi connectivity index (χ0n) is 11.6. The first kappa shape index (κ1) is 13.8. The number of hydrogen-bond donors (Lipinski definition) is 1. The maximum absolute atomic E-state index is 13.2. The third kappa shape index (κ3) is 3.48. The van der Waals surface area contributed by atoms with Crippen LogP contribution in [-0.4, -0.2) is 24.1 Å². The molecule has 1 saturated heterocycles. The Kier molecular flexibility index (Phi) is 3.99. The smallest absolute Gasteiger partial charge is 0.128 e. The van der Waals surface area contributed by atoms with E-state index in [1.807, 2.05) is 12.1 Å². The Bertz CT molecular complexity index is 575. The average molecular weight is 289 g/mol. The summed E-state index contributed by atoms with van der Waals surface area (Å²) in [5, 5.41) is 3.22. The van der Waals surface area contributed by atoms with Crippen LogP contribution in [0.4, 0.5) is 20.2 Å². The van der Waals surface area contributed by atoms with Crippen LogP contribution >= 0.6 is 0 Å². The molecule has 0 radical (unpaired) electrons. The summed E-state index contributed by atoms with van der Waals surface area (Å²) in [5.41, 5.74) is 1.68. The molecule has 1 aromatic heterocycles. The number of piperidine rings is 1. The van der Waals surface area contributed by atoms with Crippen molar-refractivity contribution in [2.75, 3.05) is 23.3 Å². The number of rotatable bonds is 3. The summed E-state index contributed by atoms with van der Waals surface area (Å²) < 4.78 is 26.3. The molecule has 0 saturated carbocycles. The summed E-state index contributed by atoms with van der Waals surface area (Å²) in [6, 6.07) is 7.78. The van der Waals surface area contributed by atoms with Crippen molar-refractivity contribution in [1.82, 2.24) is 4.98 Å². The fourth-order valence-corrected chi connectivity index (χ4v) is 2.71. The minimum Gasteiger partial charge on any atom is -0.382 e. The molecule has 1 N–H and O–H groups in total. The van der Waals surface area contributed by atoms with E-state index < -0.39 is 11.6 Å². The van der Waals surface area contributed by atoms with E-state index in [0.717, 1.165) is 32.0 Å². The van der Waals surface area contributed by atoms with E-state index in [1.165, 1.54) is 17.8 Å². The van der Waals surface area contributed by atoms with Gasteiger partial charge in [0.2, 0.25) is 0 Å². The molecule has 3 rings (SSSR count). The molecule has 2 aromatic rings. The first-order valence-corrected chi connectivity index (χ1v) is 7.08. The van der Waals surface area contributed by atoms with Crippen LogP contribution in [0, 0.1) is 11.6 Å². The molecule has 1 aliphatic rings. The Hall–Kier alpha value is -2.17. The van der Waals surface area contributed by atoms with Crippen molar-refractivity contribution in [3.8, 4) is 0 Å². The number of nitrogens with one attached hydrogen (secondary N) is 1. The van der Waals surface area contributed by atoms with Crippen molar-refractivity contribution in [3.63, 3.8) is 0 Å². The van der Waals surface area contributed by atoms with Gasteiger partial charge in [-0.25, -0.2) is 8.78 Å². The molecule has 1 fully saturated rings. The molecule has 0 amide bonds. The Labute approximate surface area is 122 Å². The molecule has 5 heteroatoms. The van der Waals surface area contributed by atoms with E-state index in [2.05, 4.69) is 15.2 Å². The van der Waals surface area contributed by atoms with Gasteiger partial charge in [0, 0.05) is 49.0 Å². The average Bonchev–Trinajstić information content (AvgIpc) is 2.48. The van der Waals surface area contributed by atoms with Crippen LogP contribution in [0.5, 0.6) is 0 Å². The molecular formula is C16H17F2N3. The first-order chi connectivity index (χ1) is 10.2. The van der Waals surface area contributed by atoms with Gasteiger partial charge in [-0.3, -0.25) is 4.98 Å². The standard InChI is InChI=1S/C16H17F2N3/c17-12-9-13(18)11-15(10-12)20-14-3-7-21(8-4-14)16-1-5-19-6-2-16/h1-2,5-6,9-11,14,20H,3-4,7-8H2. The number of nitrogens with zero attached hydrogens (tertiary/aromatic N) is 2. The normalized spacial score (nSPS) is 16.0. The largest absolute Gasteiger partial charge is 0.382 e. The van der Waals surface area contributed by atoms with Gasteiger partial charge in [-0.15, -0.1) is 0 Å². The van der Waals surface area contributed by atoms with Gasteiger partial charge in [-0.2, -0.15) is 0 Å². The highest BCUT2D eigenvalue weighted by Gasteiger charge is 2.19. The summed E-state index contributed by atoms with van der Waals surface area (Å²) in [7, 11) is 0. The molecule has 0 bridgehead atoms. The number of halogens is 2. The van der Waals surface area contributed by atoms with Crippen molar-refractivity contribution in [1.29, 1.82) is 0 Å². The highest BCUT2D eigenvalue weighted by atomic mass is 19.1. The monoisotopic (exact) mass is 289 g/mol. The fraction of sp³-hybridized carbons (Fsp3) is 0.312. The highest BCUT2D eigenvalue weighted by molar-refractivity contribution is 5.47. The SMILES string of the molecule is Fc1cc(F)cc(NC2CCN(c3ccncc3)CC2)c1. The maximum Gasteiger partial charge on any atom is 0.128 e. The molecule has 21 heavy (non-hydrogen) atoms. The molecule has 2 heterocycles. The van der Waals surface area contributed by atoms with E-state index in [9.17, 15) is 8.78 Å². The van der Waals surface area contributed by atoms with E-state index in [1.54, 1.807) is 12.4 Å². The molecular weight excluding hydrogens is 272 g/mol. The molecule has 0 aliphatic carbocycles. The van der Waals surface area contributed by atoms with Crippen LogP contribution in [0.1, 0.15) is 12.8 Å². The third-order valence-corrected chi connectivity index (χ3v) is 3.76. The summed E-state index contributed by atoms with van der Waals surface area (Å²) in [5.74, 6) is -1.10. The lowest BCUT2D eigenvalue weighted by atomic mass is 10.0. The molecule has 0 unspecified atom stereocenters. The molecule has 1 aliphatic heterocycles. The molecule has 1 aromatic carbocycles. The van der Waals surface area contributed by atoms with Gasteiger partial charge in [0.05, 0.1) is 0 Å². The fourth-order valence-electron chi connectivity index (χ4n) is 2.71. The molecule has 0 spiro atoms. The second-order valence-electron chi connectivity index (χ2n) is 5.27. The number of hydrogen-bond acceptors (Lipinski definition) is 3. The van der Waals surface area contributed by atoms with Crippen LogP contribution in [0.3, 0.4) is 0 Å². The first-order valence-electron chi connectivity index (χ1n) is 7.08. The number of aromatic nitrogens is 1.